The molecule has 10 nitrogen and oxygen atoms in total. The van der Waals surface area contributed by atoms with E-state index in [0.717, 1.165) is 0 Å². The van der Waals surface area contributed by atoms with Gasteiger partial charge in [-0.15, -0.1) is 0 Å². The molecule has 1 aliphatic heterocycles. The van der Waals surface area contributed by atoms with Crippen molar-refractivity contribution in [2.45, 2.75) is 26.8 Å². The second-order valence-corrected chi connectivity index (χ2v) is 10.8. The third-order valence-electron chi connectivity index (χ3n) is 7.07. The molecule has 0 radical (unpaired) electrons. The number of allylic oxidation sites excluding steroid dienone is 1. The molecule has 12 heteroatoms. The highest BCUT2D eigenvalue weighted by molar-refractivity contribution is 7.07. The van der Waals surface area contributed by atoms with Gasteiger partial charge in [0, 0.05) is 42.4 Å². The fraction of sp³-hybridized carbons (Fsp3) is 0.233. The van der Waals surface area contributed by atoms with Crippen LogP contribution in [0.3, 0.4) is 0 Å². The minimum absolute atomic E-state index is 0.129. The Balaban J connectivity index is 1.64. The number of fused-ring (bicyclic) bond motifs is 1. The molecule has 4 aromatic rings. The summed E-state index contributed by atoms with van der Waals surface area (Å²) in [6.07, 6.45) is 1.61. The lowest BCUT2D eigenvalue weighted by atomic mass is 9.94. The molecule has 2 aromatic heterocycles. The number of hydrogen-bond donors (Lipinski definition) is 0. The summed E-state index contributed by atoms with van der Waals surface area (Å²) in [5, 5.41) is 11.2. The van der Waals surface area contributed by atoms with Gasteiger partial charge in [-0.25, -0.2) is 4.99 Å². The predicted octanol–water partition coefficient (Wildman–Crippen LogP) is 4.93. The lowest BCUT2D eigenvalue weighted by Crippen LogP contribution is -2.43. The first kappa shape index (κ1) is 29.0. The molecule has 0 N–H and O–H groups in total. The van der Waals surface area contributed by atoms with Gasteiger partial charge in [-0.3, -0.25) is 24.3 Å². The zero-order valence-corrected chi connectivity index (χ0v) is 24.9. The number of methoxy groups -OCH3 is 1. The number of amides is 1. The van der Waals surface area contributed by atoms with Crippen LogP contribution in [0.25, 0.3) is 17.4 Å². The van der Waals surface area contributed by atoms with E-state index in [1.165, 1.54) is 34.1 Å². The molecule has 0 saturated heterocycles. The van der Waals surface area contributed by atoms with Gasteiger partial charge in [0.05, 0.1) is 32.9 Å². The van der Waals surface area contributed by atoms with Crippen LogP contribution in [0.2, 0.25) is 5.02 Å². The predicted molar refractivity (Wildman–Crippen MR) is 160 cm³/mol. The summed E-state index contributed by atoms with van der Waals surface area (Å²) >= 11 is 7.47. The Hall–Kier alpha value is -4.48. The Morgan fingerprint density at radius 1 is 1.21 bits per heavy atom. The number of nitro groups is 1. The lowest BCUT2D eigenvalue weighted by Gasteiger charge is -2.29. The van der Waals surface area contributed by atoms with Crippen LogP contribution in [0.4, 0.5) is 5.69 Å². The first-order valence-corrected chi connectivity index (χ1v) is 14.4. The van der Waals surface area contributed by atoms with Crippen LogP contribution in [0.5, 0.6) is 5.75 Å². The van der Waals surface area contributed by atoms with Gasteiger partial charge in [-0.05, 0) is 45.0 Å². The molecule has 0 fully saturated rings. The van der Waals surface area contributed by atoms with E-state index < -0.39 is 11.0 Å². The van der Waals surface area contributed by atoms with Crippen molar-refractivity contribution in [3.05, 3.63) is 112 Å². The smallest absolute Gasteiger partial charge is 0.271 e. The maximum absolute atomic E-state index is 14.0. The van der Waals surface area contributed by atoms with Crippen LogP contribution in [-0.4, -0.2) is 40.5 Å². The topological polar surface area (TPSA) is 120 Å². The number of aromatic nitrogens is 1. The molecule has 2 aromatic carbocycles. The van der Waals surface area contributed by atoms with Crippen LogP contribution in [0.1, 0.15) is 38.1 Å². The molecule has 0 spiro atoms. The number of non-ortho nitro benzene ring substituents is 1. The number of carbonyl (C=O) groups is 1. The average molecular weight is 607 g/mol. The zero-order chi connectivity index (χ0) is 30.1. The number of nitro benzene ring substituents is 1. The van der Waals surface area contributed by atoms with Crippen molar-refractivity contribution in [2.24, 2.45) is 4.99 Å². The molecule has 0 saturated carbocycles. The fourth-order valence-corrected chi connectivity index (χ4v) is 6.28. The average Bonchev–Trinajstić information content (AvgIpc) is 3.56. The minimum atomic E-state index is -0.751. The van der Waals surface area contributed by atoms with E-state index in [1.54, 1.807) is 43.2 Å². The van der Waals surface area contributed by atoms with Gasteiger partial charge in [-0.2, -0.15) is 0 Å². The second-order valence-electron chi connectivity index (χ2n) is 9.42. The van der Waals surface area contributed by atoms with Crippen molar-refractivity contribution < 1.29 is 18.9 Å². The number of furan rings is 1. The number of halogens is 1. The number of likely N-dealkylation sites (N-methyl/N-ethyl adjacent to an activating group) is 1. The summed E-state index contributed by atoms with van der Waals surface area (Å²) < 4.78 is 13.5. The molecule has 0 bridgehead atoms. The van der Waals surface area contributed by atoms with E-state index >= 15 is 0 Å². The molecule has 0 aliphatic carbocycles. The molecular formula is C30H27ClN4O6S. The quantitative estimate of drug-likeness (QED) is 0.207. The van der Waals surface area contributed by atoms with E-state index in [2.05, 4.69) is 0 Å². The normalized spacial score (nSPS) is 14.9. The number of para-hydroxylation sites is 1. The highest BCUT2D eigenvalue weighted by Crippen LogP contribution is 2.36. The number of thiazole rings is 1. The largest absolute Gasteiger partial charge is 0.496 e. The van der Waals surface area contributed by atoms with Crippen molar-refractivity contribution in [3.8, 4) is 17.1 Å². The summed E-state index contributed by atoms with van der Waals surface area (Å²) in [5.74, 6) is 1.13. The van der Waals surface area contributed by atoms with Crippen LogP contribution in [-0.2, 0) is 4.79 Å². The number of benzene rings is 2. The number of rotatable bonds is 8. The Morgan fingerprint density at radius 3 is 2.62 bits per heavy atom. The van der Waals surface area contributed by atoms with Crippen molar-refractivity contribution in [2.75, 3.05) is 20.2 Å². The van der Waals surface area contributed by atoms with Gasteiger partial charge >= 0.3 is 0 Å². The second kappa shape index (κ2) is 11.8. The molecule has 1 amide bonds. The maximum Gasteiger partial charge on any atom is 0.271 e. The Kier molecular flexibility index (Phi) is 8.15. The Bertz CT molecular complexity index is 1920. The van der Waals surface area contributed by atoms with Crippen molar-refractivity contribution >= 4 is 40.6 Å². The summed E-state index contributed by atoms with van der Waals surface area (Å²) in [4.78, 5) is 45.1. The van der Waals surface area contributed by atoms with E-state index in [4.69, 9.17) is 25.7 Å². The molecule has 1 atom stereocenters. The minimum Gasteiger partial charge on any atom is -0.496 e. The molecule has 216 valence electrons. The summed E-state index contributed by atoms with van der Waals surface area (Å²) in [6, 6.07) is 14.1. The van der Waals surface area contributed by atoms with Gasteiger partial charge in [0.15, 0.2) is 4.80 Å². The van der Waals surface area contributed by atoms with E-state index in [9.17, 15) is 19.7 Å². The summed E-state index contributed by atoms with van der Waals surface area (Å²) in [7, 11) is 1.55. The van der Waals surface area contributed by atoms with Crippen LogP contribution < -0.4 is 19.6 Å². The van der Waals surface area contributed by atoms with Crippen LogP contribution in [0, 0.1) is 10.1 Å². The standard InChI is InChI=1S/C30H27ClN4O6S/c1-5-33(6-2)29(37)26-17(3)32-30-34(27(26)21-9-7-8-10-23(21)40-4)28(36)25(42-30)16-19-12-14-24(41-19)20-13-11-18(35(38)39)15-22(20)31/h7-16,27H,5-6H2,1-4H3/b25-16+/t27-/m1/s1. The van der Waals surface area contributed by atoms with Gasteiger partial charge < -0.3 is 14.1 Å². The zero-order valence-electron chi connectivity index (χ0n) is 23.3. The number of hydrogen-bond acceptors (Lipinski definition) is 8. The van der Waals surface area contributed by atoms with Crippen molar-refractivity contribution in [1.82, 2.24) is 9.47 Å². The molecule has 5 rings (SSSR count). The van der Waals surface area contributed by atoms with E-state index in [0.29, 0.717) is 62.1 Å². The molecular weight excluding hydrogens is 580 g/mol. The highest BCUT2D eigenvalue weighted by Gasteiger charge is 2.35. The summed E-state index contributed by atoms with van der Waals surface area (Å²) in [6.45, 7) is 6.62. The molecule has 0 unspecified atom stereocenters. The molecule has 1 aliphatic rings. The van der Waals surface area contributed by atoms with E-state index in [1.807, 2.05) is 32.0 Å². The Labute approximate surface area is 249 Å². The molecule has 3 heterocycles. The third kappa shape index (κ3) is 5.17. The monoisotopic (exact) mass is 606 g/mol. The van der Waals surface area contributed by atoms with Gasteiger partial charge in [0.1, 0.15) is 23.3 Å². The SMILES string of the molecule is CCN(CC)C(=O)C1=C(C)N=c2s/c(=C/c3ccc(-c4ccc([N+](=O)[O-])cc4Cl)o3)c(=O)n2[C@@H]1c1ccccc1OC. The van der Waals surface area contributed by atoms with E-state index in [-0.39, 0.29) is 22.2 Å². The van der Waals surface area contributed by atoms with Crippen LogP contribution >= 0.6 is 22.9 Å². The Morgan fingerprint density at radius 2 is 1.95 bits per heavy atom. The maximum atomic E-state index is 14.0. The highest BCUT2D eigenvalue weighted by atomic mass is 35.5. The van der Waals surface area contributed by atoms with Gasteiger partial charge in [0.25, 0.3) is 17.2 Å². The first-order valence-electron chi connectivity index (χ1n) is 13.2. The molecule has 42 heavy (non-hydrogen) atoms. The number of ether oxygens (including phenoxy) is 1. The van der Waals surface area contributed by atoms with Gasteiger partial charge in [0.2, 0.25) is 0 Å². The van der Waals surface area contributed by atoms with Crippen molar-refractivity contribution in [1.29, 1.82) is 0 Å². The summed E-state index contributed by atoms with van der Waals surface area (Å²) in [5.41, 5.74) is 1.63. The fourth-order valence-electron chi connectivity index (χ4n) is 4.98. The number of nitrogens with zero attached hydrogens (tertiary/aromatic N) is 4. The van der Waals surface area contributed by atoms with Gasteiger partial charge in [-0.1, -0.05) is 41.1 Å². The number of carbonyl (C=O) groups excluding carboxylic acids is 1. The lowest BCUT2D eigenvalue weighted by molar-refractivity contribution is -0.384. The van der Waals surface area contributed by atoms with Crippen LogP contribution in [0.15, 0.2) is 80.1 Å². The third-order valence-corrected chi connectivity index (χ3v) is 8.36. The van der Waals surface area contributed by atoms with Crippen molar-refractivity contribution in [3.63, 3.8) is 0 Å². The first-order chi connectivity index (χ1) is 20.2.